The summed E-state index contributed by atoms with van der Waals surface area (Å²) in [6.07, 6.45) is 5.41. The number of carbonyl (C=O) groups is 4. The van der Waals surface area contributed by atoms with Crippen LogP contribution in [-0.2, 0) is 31.1 Å². The minimum Gasteiger partial charge on any atom is -0.454 e. The molecule has 13 heteroatoms. The van der Waals surface area contributed by atoms with Crippen LogP contribution in [0.1, 0.15) is 125 Å². The van der Waals surface area contributed by atoms with Crippen LogP contribution in [0.2, 0.25) is 20.1 Å². The number of benzene rings is 3. The minimum absolute atomic E-state index is 0.00593. The maximum atomic E-state index is 13.8. The number of ether oxygens (including phenoxy) is 4. The van der Waals surface area contributed by atoms with Crippen molar-refractivity contribution in [2.24, 2.45) is 10.8 Å². The standard InChI is InChI=1S/C41H45Cl4NO8/c1-9-10-11-12-13-16-46-30(47)15-14-22-17-25-35(31(45)34(22)53-38(50)40(6,7)8)51-32-21(2)33(52-37(49)39(3,4)5)29(44)20-26(32)41(25)24-19-28(43)27(42)18-23(24)36(48)54-41/h17-20H,9-16H2,1-8H3,(H,46,47). The number of hydrogen-bond donors (Lipinski definition) is 1. The topological polar surface area (TPSA) is 117 Å². The zero-order chi connectivity index (χ0) is 39.9. The van der Waals surface area contributed by atoms with Crippen LogP contribution >= 0.6 is 46.4 Å². The average Bonchev–Trinajstić information content (AvgIpc) is 3.35. The SMILES string of the molecule is CCCCCCCNC(=O)CCc1cc2c(c(Cl)c1OC(=O)C(C)(C)C)Oc1c(cc(Cl)c(OC(=O)C(C)(C)C)c1C)C21OC(=O)c2cc(Cl)c(Cl)cc21. The Bertz CT molecular complexity index is 2030. The second kappa shape index (κ2) is 15.9. The van der Waals surface area contributed by atoms with Gasteiger partial charge in [-0.05, 0) is 91.1 Å². The van der Waals surface area contributed by atoms with Gasteiger partial charge in [0.05, 0.1) is 31.5 Å². The molecule has 1 amide bonds. The number of nitrogens with one attached hydrogen (secondary N) is 1. The maximum Gasteiger partial charge on any atom is 0.340 e. The number of carbonyl (C=O) groups excluding carboxylic acids is 4. The lowest BCUT2D eigenvalue weighted by atomic mass is 9.76. The summed E-state index contributed by atoms with van der Waals surface area (Å²) in [5.41, 5.74) is -1.83. The molecule has 1 N–H and O–H groups in total. The fourth-order valence-electron chi connectivity index (χ4n) is 6.27. The van der Waals surface area contributed by atoms with Gasteiger partial charge in [-0.25, -0.2) is 4.79 Å². The van der Waals surface area contributed by atoms with Crippen LogP contribution in [0, 0.1) is 17.8 Å². The van der Waals surface area contributed by atoms with E-state index in [1.165, 1.54) is 18.2 Å². The second-order valence-electron chi connectivity index (χ2n) is 15.8. The minimum atomic E-state index is -1.77. The van der Waals surface area contributed by atoms with Crippen LogP contribution in [0.15, 0.2) is 24.3 Å². The molecule has 1 spiro atoms. The monoisotopic (exact) mass is 819 g/mol. The number of amides is 1. The average molecular weight is 822 g/mol. The molecule has 2 aliphatic heterocycles. The summed E-state index contributed by atoms with van der Waals surface area (Å²) in [6, 6.07) is 6.13. The van der Waals surface area contributed by atoms with Gasteiger partial charge in [0.1, 0.15) is 10.8 Å². The highest BCUT2D eigenvalue weighted by molar-refractivity contribution is 6.42. The molecule has 9 nitrogen and oxygen atoms in total. The molecular formula is C41H45Cl4NO8. The van der Waals surface area contributed by atoms with E-state index in [9.17, 15) is 19.2 Å². The fraction of sp³-hybridized carbons (Fsp3) is 0.463. The van der Waals surface area contributed by atoms with E-state index in [4.69, 9.17) is 65.4 Å². The summed E-state index contributed by atoms with van der Waals surface area (Å²) >= 11 is 27.1. The lowest BCUT2D eigenvalue weighted by Crippen LogP contribution is -2.34. The summed E-state index contributed by atoms with van der Waals surface area (Å²) in [7, 11) is 0. The van der Waals surface area contributed by atoms with Gasteiger partial charge < -0.3 is 24.3 Å². The fourth-order valence-corrected chi connectivity index (χ4v) is 7.19. The van der Waals surface area contributed by atoms with Crippen LogP contribution in [-0.4, -0.2) is 30.4 Å². The molecule has 0 saturated carbocycles. The van der Waals surface area contributed by atoms with Crippen molar-refractivity contribution in [3.05, 3.63) is 77.7 Å². The summed E-state index contributed by atoms with van der Waals surface area (Å²) in [5.74, 6) is -1.85. The maximum absolute atomic E-state index is 13.8. The van der Waals surface area contributed by atoms with Crippen molar-refractivity contribution in [1.29, 1.82) is 0 Å². The number of fused-ring (bicyclic) bond motifs is 6. The number of hydrogen-bond acceptors (Lipinski definition) is 8. The summed E-state index contributed by atoms with van der Waals surface area (Å²) in [4.78, 5) is 53.3. The zero-order valence-electron chi connectivity index (χ0n) is 31.7. The Kier molecular flexibility index (Phi) is 12.3. The summed E-state index contributed by atoms with van der Waals surface area (Å²) in [6.45, 7) is 14.6. The first-order valence-electron chi connectivity index (χ1n) is 18.0. The number of aryl methyl sites for hydroxylation is 1. The van der Waals surface area contributed by atoms with E-state index >= 15 is 0 Å². The van der Waals surface area contributed by atoms with Gasteiger partial charge in [0.25, 0.3) is 0 Å². The Hall–Kier alpha value is -3.50. The first kappa shape index (κ1) is 41.7. The molecule has 3 aromatic rings. The van der Waals surface area contributed by atoms with Crippen LogP contribution in [0.3, 0.4) is 0 Å². The van der Waals surface area contributed by atoms with E-state index < -0.39 is 34.3 Å². The normalized spacial score (nSPS) is 15.9. The molecule has 2 heterocycles. The third kappa shape index (κ3) is 8.06. The zero-order valence-corrected chi connectivity index (χ0v) is 34.8. The molecule has 290 valence electrons. The molecule has 0 fully saturated rings. The van der Waals surface area contributed by atoms with Gasteiger partial charge in [0, 0.05) is 35.2 Å². The molecule has 1 atom stereocenters. The first-order chi connectivity index (χ1) is 25.2. The van der Waals surface area contributed by atoms with Crippen molar-refractivity contribution in [3.63, 3.8) is 0 Å². The third-order valence-corrected chi connectivity index (χ3v) is 10.7. The molecule has 0 aliphatic carbocycles. The van der Waals surface area contributed by atoms with Crippen LogP contribution in [0.25, 0.3) is 0 Å². The van der Waals surface area contributed by atoms with Gasteiger partial charge in [0.2, 0.25) is 5.91 Å². The smallest absolute Gasteiger partial charge is 0.340 e. The Balaban J connectivity index is 1.71. The van der Waals surface area contributed by atoms with Gasteiger partial charge in [-0.1, -0.05) is 79.0 Å². The third-order valence-electron chi connectivity index (χ3n) is 9.37. The molecule has 0 radical (unpaired) electrons. The highest BCUT2D eigenvalue weighted by atomic mass is 35.5. The Labute approximate surface area is 336 Å². The number of esters is 3. The van der Waals surface area contributed by atoms with Crippen molar-refractivity contribution < 1.29 is 38.1 Å². The highest BCUT2D eigenvalue weighted by Gasteiger charge is 2.56. The molecule has 1 unspecified atom stereocenters. The quantitative estimate of drug-likeness (QED) is 0.115. The van der Waals surface area contributed by atoms with Gasteiger partial charge in [-0.15, -0.1) is 0 Å². The van der Waals surface area contributed by atoms with E-state index in [-0.39, 0.29) is 73.0 Å². The number of unbranched alkanes of at least 4 members (excludes halogenated alkanes) is 4. The number of halogens is 4. The summed E-state index contributed by atoms with van der Waals surface area (Å²) < 4.78 is 24.7. The van der Waals surface area contributed by atoms with E-state index in [0.29, 0.717) is 28.8 Å². The van der Waals surface area contributed by atoms with Crippen molar-refractivity contribution in [2.45, 2.75) is 106 Å². The lowest BCUT2D eigenvalue weighted by Gasteiger charge is -2.38. The molecule has 0 bridgehead atoms. The predicted octanol–water partition coefficient (Wildman–Crippen LogP) is 11.1. The van der Waals surface area contributed by atoms with Crippen molar-refractivity contribution in [2.75, 3.05) is 6.54 Å². The highest BCUT2D eigenvalue weighted by Crippen LogP contribution is 2.62. The van der Waals surface area contributed by atoms with Crippen molar-refractivity contribution in [3.8, 4) is 23.0 Å². The Morgan fingerprint density at radius 1 is 0.759 bits per heavy atom. The predicted molar refractivity (Wildman–Crippen MR) is 210 cm³/mol. The lowest BCUT2D eigenvalue weighted by molar-refractivity contribution is -0.143. The van der Waals surface area contributed by atoms with Gasteiger partial charge >= 0.3 is 17.9 Å². The van der Waals surface area contributed by atoms with E-state index in [0.717, 1.165) is 32.1 Å². The Morgan fingerprint density at radius 2 is 1.33 bits per heavy atom. The van der Waals surface area contributed by atoms with Gasteiger partial charge in [-0.2, -0.15) is 0 Å². The molecule has 3 aromatic carbocycles. The number of rotatable bonds is 11. The molecule has 0 saturated heterocycles. The largest absolute Gasteiger partial charge is 0.454 e. The summed E-state index contributed by atoms with van der Waals surface area (Å²) in [5, 5.41) is 3.20. The van der Waals surface area contributed by atoms with Gasteiger partial charge in [-0.3, -0.25) is 14.4 Å². The second-order valence-corrected chi connectivity index (χ2v) is 17.4. The van der Waals surface area contributed by atoms with Crippen LogP contribution in [0.5, 0.6) is 23.0 Å². The molecule has 2 aliphatic rings. The van der Waals surface area contributed by atoms with Crippen molar-refractivity contribution >= 4 is 70.2 Å². The molecule has 5 rings (SSSR count). The molecule has 54 heavy (non-hydrogen) atoms. The van der Waals surface area contributed by atoms with E-state index in [1.807, 2.05) is 0 Å². The van der Waals surface area contributed by atoms with Crippen molar-refractivity contribution in [1.82, 2.24) is 5.32 Å². The van der Waals surface area contributed by atoms with Gasteiger partial charge in [0.15, 0.2) is 22.8 Å². The van der Waals surface area contributed by atoms with E-state index in [1.54, 1.807) is 54.5 Å². The first-order valence-corrected chi connectivity index (χ1v) is 19.5. The Morgan fingerprint density at radius 3 is 1.96 bits per heavy atom. The van der Waals surface area contributed by atoms with Crippen LogP contribution < -0.4 is 19.5 Å². The molecular weight excluding hydrogens is 776 g/mol. The van der Waals surface area contributed by atoms with Crippen LogP contribution in [0.4, 0.5) is 0 Å². The van der Waals surface area contributed by atoms with E-state index in [2.05, 4.69) is 12.2 Å². The molecule has 0 aromatic heterocycles.